The Balaban J connectivity index is 4.17. The summed E-state index contributed by atoms with van der Waals surface area (Å²) in [4.78, 5) is 13.7. The maximum Gasteiger partial charge on any atom is 0.311 e. The van der Waals surface area contributed by atoms with Gasteiger partial charge in [-0.15, -0.1) is 0 Å². The van der Waals surface area contributed by atoms with Gasteiger partial charge in [0.25, 0.3) is 0 Å². The van der Waals surface area contributed by atoms with Crippen LogP contribution in [-0.4, -0.2) is 19.1 Å². The number of carbonyl (C=O) groups is 1. The van der Waals surface area contributed by atoms with E-state index in [2.05, 4.69) is 10.0 Å². The largest absolute Gasteiger partial charge is 0.466 e. The van der Waals surface area contributed by atoms with Gasteiger partial charge in [0.2, 0.25) is 0 Å². The van der Waals surface area contributed by atoms with Crippen molar-refractivity contribution >= 4 is 5.97 Å². The SMILES string of the molecule is CCOC(=O)C(C)(C)CN=[N+]=[N-]. The second-order valence-electron chi connectivity index (χ2n) is 2.99. The first-order valence-corrected chi connectivity index (χ1v) is 3.72. The molecule has 12 heavy (non-hydrogen) atoms. The molecule has 5 heteroatoms. The minimum atomic E-state index is -0.720. The number of hydrogen-bond donors (Lipinski definition) is 0. The fraction of sp³-hybridized carbons (Fsp3) is 0.857. The third kappa shape index (κ3) is 3.25. The molecule has 0 aromatic heterocycles. The topological polar surface area (TPSA) is 75.1 Å². The van der Waals surface area contributed by atoms with E-state index in [4.69, 9.17) is 10.3 Å². The Kier molecular flexibility index (Phi) is 4.15. The molecule has 0 bridgehead atoms. The molecular weight excluding hydrogens is 158 g/mol. The minimum absolute atomic E-state index is 0.127. The molecule has 5 nitrogen and oxygen atoms in total. The fourth-order valence-electron chi connectivity index (χ4n) is 0.599. The summed E-state index contributed by atoms with van der Waals surface area (Å²) in [7, 11) is 0. The van der Waals surface area contributed by atoms with Crippen molar-refractivity contribution in [3.8, 4) is 0 Å². The Morgan fingerprint density at radius 3 is 2.67 bits per heavy atom. The van der Waals surface area contributed by atoms with Crippen LogP contribution in [0.2, 0.25) is 0 Å². The van der Waals surface area contributed by atoms with E-state index in [1.807, 2.05) is 0 Å². The molecule has 0 spiro atoms. The predicted octanol–water partition coefficient (Wildman–Crippen LogP) is 1.89. The summed E-state index contributed by atoms with van der Waals surface area (Å²) in [5, 5.41) is 3.33. The number of azide groups is 1. The van der Waals surface area contributed by atoms with Crippen LogP contribution in [0.4, 0.5) is 0 Å². The molecule has 0 unspecified atom stereocenters. The van der Waals surface area contributed by atoms with Crippen molar-refractivity contribution in [2.24, 2.45) is 10.5 Å². The molecule has 68 valence electrons. The molecule has 0 saturated heterocycles. The number of rotatable bonds is 4. The maximum atomic E-state index is 11.2. The molecule has 0 N–H and O–H groups in total. The van der Waals surface area contributed by atoms with E-state index in [9.17, 15) is 4.79 Å². The Morgan fingerprint density at radius 2 is 2.25 bits per heavy atom. The van der Waals surface area contributed by atoms with Crippen LogP contribution in [0.5, 0.6) is 0 Å². The van der Waals surface area contributed by atoms with E-state index in [-0.39, 0.29) is 12.5 Å². The summed E-state index contributed by atoms with van der Waals surface area (Å²) in [6.07, 6.45) is 0. The number of nitrogens with zero attached hydrogens (tertiary/aromatic N) is 3. The van der Waals surface area contributed by atoms with Gasteiger partial charge in [0, 0.05) is 11.5 Å². The molecule has 0 fully saturated rings. The van der Waals surface area contributed by atoms with Crippen molar-refractivity contribution < 1.29 is 9.53 Å². The van der Waals surface area contributed by atoms with Crippen molar-refractivity contribution in [2.75, 3.05) is 13.2 Å². The lowest BCUT2D eigenvalue weighted by Crippen LogP contribution is -2.29. The highest BCUT2D eigenvalue weighted by Crippen LogP contribution is 2.17. The monoisotopic (exact) mass is 171 g/mol. The van der Waals surface area contributed by atoms with Gasteiger partial charge >= 0.3 is 5.97 Å². The molecule has 0 radical (unpaired) electrons. The summed E-state index contributed by atoms with van der Waals surface area (Å²) in [5.74, 6) is -0.336. The normalized spacial score (nSPS) is 10.2. The molecule has 0 amide bonds. The first-order chi connectivity index (χ1) is 5.54. The lowest BCUT2D eigenvalue weighted by Gasteiger charge is -2.18. The van der Waals surface area contributed by atoms with Gasteiger partial charge in [-0.2, -0.15) is 0 Å². The van der Waals surface area contributed by atoms with Crippen LogP contribution in [0, 0.1) is 5.41 Å². The van der Waals surface area contributed by atoms with Gasteiger partial charge in [-0.1, -0.05) is 5.11 Å². The van der Waals surface area contributed by atoms with Crippen LogP contribution in [0.25, 0.3) is 10.4 Å². The Hall–Kier alpha value is -1.22. The minimum Gasteiger partial charge on any atom is -0.466 e. The summed E-state index contributed by atoms with van der Waals surface area (Å²) < 4.78 is 4.78. The zero-order chi connectivity index (χ0) is 9.61. The average molecular weight is 171 g/mol. The highest BCUT2D eigenvalue weighted by atomic mass is 16.5. The molecular formula is C7H13N3O2. The summed E-state index contributed by atoms with van der Waals surface area (Å²) >= 11 is 0. The zero-order valence-corrected chi connectivity index (χ0v) is 7.57. The van der Waals surface area contributed by atoms with Crippen molar-refractivity contribution in [1.29, 1.82) is 0 Å². The first-order valence-electron chi connectivity index (χ1n) is 3.72. The number of esters is 1. The molecule has 0 saturated carbocycles. The smallest absolute Gasteiger partial charge is 0.311 e. The summed E-state index contributed by atoms with van der Waals surface area (Å²) in [6.45, 7) is 5.57. The molecule has 0 atom stereocenters. The molecule has 0 rings (SSSR count). The highest BCUT2D eigenvalue weighted by molar-refractivity contribution is 5.76. The lowest BCUT2D eigenvalue weighted by molar-refractivity contribution is -0.152. The second kappa shape index (κ2) is 4.62. The van der Waals surface area contributed by atoms with E-state index in [1.165, 1.54) is 0 Å². The molecule has 0 aromatic carbocycles. The van der Waals surface area contributed by atoms with Crippen molar-refractivity contribution in [3.63, 3.8) is 0 Å². The van der Waals surface area contributed by atoms with Crippen LogP contribution in [0.1, 0.15) is 20.8 Å². The average Bonchev–Trinajstić information content (AvgIpc) is 2.01. The van der Waals surface area contributed by atoms with Crippen LogP contribution in [0.3, 0.4) is 0 Å². The lowest BCUT2D eigenvalue weighted by atomic mass is 9.94. The number of ether oxygens (including phenoxy) is 1. The molecule has 0 aliphatic carbocycles. The van der Waals surface area contributed by atoms with Crippen molar-refractivity contribution in [3.05, 3.63) is 10.4 Å². The second-order valence-corrected chi connectivity index (χ2v) is 2.99. The quantitative estimate of drug-likeness (QED) is 0.280. The van der Waals surface area contributed by atoms with Crippen LogP contribution < -0.4 is 0 Å². The Bertz CT molecular complexity index is 207. The third-order valence-corrected chi connectivity index (χ3v) is 1.36. The zero-order valence-electron chi connectivity index (χ0n) is 7.57. The fourth-order valence-corrected chi connectivity index (χ4v) is 0.599. The number of carbonyl (C=O) groups excluding carboxylic acids is 1. The molecule has 0 aliphatic rings. The van der Waals surface area contributed by atoms with E-state index >= 15 is 0 Å². The first kappa shape index (κ1) is 10.8. The summed E-state index contributed by atoms with van der Waals surface area (Å²) in [6, 6.07) is 0. The van der Waals surface area contributed by atoms with Crippen LogP contribution in [0.15, 0.2) is 5.11 Å². The third-order valence-electron chi connectivity index (χ3n) is 1.36. The van der Waals surface area contributed by atoms with Crippen molar-refractivity contribution in [2.45, 2.75) is 20.8 Å². The number of hydrogen-bond acceptors (Lipinski definition) is 3. The van der Waals surface area contributed by atoms with E-state index < -0.39 is 5.41 Å². The van der Waals surface area contributed by atoms with Gasteiger partial charge in [0.15, 0.2) is 0 Å². The highest BCUT2D eigenvalue weighted by Gasteiger charge is 2.27. The summed E-state index contributed by atoms with van der Waals surface area (Å²) in [5.41, 5.74) is 7.33. The van der Waals surface area contributed by atoms with Crippen molar-refractivity contribution in [1.82, 2.24) is 0 Å². The van der Waals surface area contributed by atoms with Crippen LogP contribution in [-0.2, 0) is 9.53 Å². The van der Waals surface area contributed by atoms with Gasteiger partial charge in [-0.3, -0.25) is 4.79 Å². The Labute approximate surface area is 71.3 Å². The molecule has 0 aliphatic heterocycles. The van der Waals surface area contributed by atoms with Gasteiger partial charge in [-0.05, 0) is 26.3 Å². The van der Waals surface area contributed by atoms with Gasteiger partial charge in [-0.25, -0.2) is 0 Å². The predicted molar refractivity (Wildman–Crippen MR) is 44.4 cm³/mol. The van der Waals surface area contributed by atoms with E-state index in [1.54, 1.807) is 20.8 Å². The van der Waals surface area contributed by atoms with E-state index in [0.29, 0.717) is 6.61 Å². The van der Waals surface area contributed by atoms with Gasteiger partial charge in [0.05, 0.1) is 12.0 Å². The van der Waals surface area contributed by atoms with E-state index in [0.717, 1.165) is 0 Å². The van der Waals surface area contributed by atoms with Crippen LogP contribution >= 0.6 is 0 Å². The Morgan fingerprint density at radius 1 is 1.67 bits per heavy atom. The molecule has 0 aromatic rings. The van der Waals surface area contributed by atoms with Gasteiger partial charge < -0.3 is 4.74 Å². The molecule has 0 heterocycles. The maximum absolute atomic E-state index is 11.2. The standard InChI is InChI=1S/C7H13N3O2/c1-4-12-6(11)7(2,3)5-9-10-8/h4-5H2,1-3H3. The van der Waals surface area contributed by atoms with Gasteiger partial charge in [0.1, 0.15) is 0 Å².